The van der Waals surface area contributed by atoms with Crippen molar-refractivity contribution >= 4 is 94.2 Å². The molecule has 0 heterocycles. The Kier molecular flexibility index (Phi) is 17.6. The Morgan fingerprint density at radius 3 is 1.75 bits per heavy atom. The van der Waals surface area contributed by atoms with Crippen molar-refractivity contribution in [3.05, 3.63) is 97.6 Å². The number of nitrogens with one attached hydrogen (secondary N) is 3. The van der Waals surface area contributed by atoms with Gasteiger partial charge in [-0.1, -0.05) is 12.1 Å². The number of alkyl halides is 2. The molecule has 3 rings (SSSR count). The molecule has 260 valence electrons. The van der Waals surface area contributed by atoms with Gasteiger partial charge in [0.05, 0.1) is 15.9 Å². The van der Waals surface area contributed by atoms with Crippen LogP contribution in [0.4, 0.5) is 28.4 Å². The number of anilines is 3. The van der Waals surface area contributed by atoms with Gasteiger partial charge in [0.1, 0.15) is 11.3 Å². The van der Waals surface area contributed by atoms with Crippen molar-refractivity contribution in [2.75, 3.05) is 67.6 Å². The van der Waals surface area contributed by atoms with Crippen molar-refractivity contribution < 1.29 is 24.2 Å². The van der Waals surface area contributed by atoms with Crippen molar-refractivity contribution in [1.82, 2.24) is 10.2 Å². The second-order valence-corrected chi connectivity index (χ2v) is 11.0. The molecule has 0 saturated heterocycles. The fourth-order valence-electron chi connectivity index (χ4n) is 4.43. The zero-order valence-electron chi connectivity index (χ0n) is 25.9. The van der Waals surface area contributed by atoms with E-state index in [4.69, 9.17) is 23.2 Å². The molecule has 0 aromatic heterocycles. The maximum atomic E-state index is 13.3. The van der Waals surface area contributed by atoms with E-state index >= 15 is 0 Å². The van der Waals surface area contributed by atoms with Crippen molar-refractivity contribution in [3.8, 4) is 0 Å². The number of nitrogens with zero attached hydrogens (tertiary/aromatic N) is 4. The highest BCUT2D eigenvalue weighted by atomic mass is 35.5. The van der Waals surface area contributed by atoms with Crippen molar-refractivity contribution in [2.24, 2.45) is 0 Å². The first-order valence-electron chi connectivity index (χ1n) is 14.0. The molecule has 3 aromatic rings. The van der Waals surface area contributed by atoms with Gasteiger partial charge in [-0.15, -0.1) is 48.0 Å². The van der Waals surface area contributed by atoms with Crippen LogP contribution in [0.1, 0.15) is 37.5 Å². The summed E-state index contributed by atoms with van der Waals surface area (Å²) in [5.41, 5.74) is -0.841. The van der Waals surface area contributed by atoms with Crippen LogP contribution in [0.2, 0.25) is 0 Å². The number of rotatable bonds is 16. The highest BCUT2D eigenvalue weighted by molar-refractivity contribution is 6.18. The van der Waals surface area contributed by atoms with Crippen molar-refractivity contribution in [1.29, 1.82) is 0 Å². The molecule has 0 bridgehead atoms. The Morgan fingerprint density at radius 1 is 0.729 bits per heavy atom. The number of hydrogen-bond acceptors (Lipinski definition) is 9. The summed E-state index contributed by atoms with van der Waals surface area (Å²) in [6.45, 7) is 1.59. The van der Waals surface area contributed by atoms with Gasteiger partial charge in [0.2, 0.25) is 0 Å². The highest BCUT2D eigenvalue weighted by Gasteiger charge is 2.30. The van der Waals surface area contributed by atoms with Gasteiger partial charge in [-0.3, -0.25) is 34.6 Å². The summed E-state index contributed by atoms with van der Waals surface area (Å²) in [5.74, 6) is -1.59. The number of amides is 3. The fraction of sp³-hybridized carbons (Fsp3) is 0.300. The Morgan fingerprint density at radius 2 is 1.25 bits per heavy atom. The standard InChI is InChI=1S/C30H33Cl2N7O7.2ClH/c1-36(2)13-5-12-33-28(40)20-6-3-8-22(16-20)34-29(41)21-7-4-9-23(17-21)35-30(42)24-18-26(37(14-10-31)15-11-32)27(39(45)46)19-25(24)38(43)44;;/h3-4,6-9,16-19H,5,10-15H2,1-2H3,(H,33,40)(H,34,41)(H,35,42);2*1H. The average Bonchev–Trinajstić information content (AvgIpc) is 3.02. The summed E-state index contributed by atoms with van der Waals surface area (Å²) in [6, 6.07) is 14.0. The molecule has 0 unspecified atom stereocenters. The van der Waals surface area contributed by atoms with Crippen LogP contribution in [0.15, 0.2) is 60.7 Å². The fourth-order valence-corrected chi connectivity index (χ4v) is 4.84. The molecule has 48 heavy (non-hydrogen) atoms. The molecule has 0 aliphatic carbocycles. The summed E-state index contributed by atoms with van der Waals surface area (Å²) < 4.78 is 0. The van der Waals surface area contributed by atoms with Crippen LogP contribution in [0, 0.1) is 20.2 Å². The SMILES string of the molecule is CN(C)CCCNC(=O)c1cccc(NC(=O)c2cccc(NC(=O)c3cc(N(CCCl)CCCl)c([N+](=O)[O-])cc3[N+](=O)[O-])c2)c1.Cl.Cl. The van der Waals surface area contributed by atoms with Gasteiger partial charge in [0.25, 0.3) is 29.1 Å². The van der Waals surface area contributed by atoms with Crippen LogP contribution in [0.5, 0.6) is 0 Å². The van der Waals surface area contributed by atoms with Gasteiger partial charge in [-0.2, -0.15) is 0 Å². The molecule has 0 spiro atoms. The van der Waals surface area contributed by atoms with E-state index in [2.05, 4.69) is 16.0 Å². The van der Waals surface area contributed by atoms with Gasteiger partial charge >= 0.3 is 0 Å². The van der Waals surface area contributed by atoms with Crippen LogP contribution < -0.4 is 20.9 Å². The normalized spacial score (nSPS) is 10.3. The number of hydrogen-bond donors (Lipinski definition) is 3. The molecule has 0 aliphatic rings. The van der Waals surface area contributed by atoms with Gasteiger partial charge < -0.3 is 25.8 Å². The monoisotopic (exact) mass is 745 g/mol. The van der Waals surface area contributed by atoms with E-state index in [1.165, 1.54) is 35.2 Å². The van der Waals surface area contributed by atoms with E-state index < -0.39 is 38.6 Å². The van der Waals surface area contributed by atoms with Crippen LogP contribution in [-0.4, -0.2) is 84.5 Å². The number of benzene rings is 3. The van der Waals surface area contributed by atoms with Gasteiger partial charge in [0, 0.05) is 53.9 Å². The molecule has 0 radical (unpaired) electrons. The largest absolute Gasteiger partial charge is 0.364 e. The molecule has 0 atom stereocenters. The van der Waals surface area contributed by atoms with Crippen LogP contribution in [0.25, 0.3) is 0 Å². The zero-order chi connectivity index (χ0) is 33.8. The maximum absolute atomic E-state index is 13.3. The summed E-state index contributed by atoms with van der Waals surface area (Å²) in [6.07, 6.45) is 0.779. The van der Waals surface area contributed by atoms with Crippen LogP contribution >= 0.6 is 48.0 Å². The molecule has 18 heteroatoms. The molecule has 3 amide bonds. The number of nitro benzene ring substituents is 2. The number of carbonyl (C=O) groups excluding carboxylic acids is 3. The van der Waals surface area contributed by atoms with Gasteiger partial charge in [0.15, 0.2) is 0 Å². The third-order valence-electron chi connectivity index (χ3n) is 6.61. The molecular weight excluding hydrogens is 712 g/mol. The highest BCUT2D eigenvalue weighted by Crippen LogP contribution is 2.36. The van der Waals surface area contributed by atoms with Crippen molar-refractivity contribution in [3.63, 3.8) is 0 Å². The van der Waals surface area contributed by atoms with Crippen LogP contribution in [-0.2, 0) is 0 Å². The number of nitro groups is 2. The number of carbonyl (C=O) groups is 3. The summed E-state index contributed by atoms with van der Waals surface area (Å²) in [7, 11) is 3.89. The predicted octanol–water partition coefficient (Wildman–Crippen LogP) is 5.82. The second kappa shape index (κ2) is 20.2. The first-order chi connectivity index (χ1) is 21.9. The van der Waals surface area contributed by atoms with E-state index in [1.807, 2.05) is 19.0 Å². The first kappa shape index (κ1) is 41.8. The predicted molar refractivity (Wildman–Crippen MR) is 192 cm³/mol. The smallest absolute Gasteiger partial charge is 0.299 e. The van der Waals surface area contributed by atoms with Gasteiger partial charge in [-0.25, -0.2) is 0 Å². The lowest BCUT2D eigenvalue weighted by Crippen LogP contribution is -2.29. The Bertz CT molecular complexity index is 1610. The summed E-state index contributed by atoms with van der Waals surface area (Å²) in [4.78, 5) is 64.3. The molecule has 14 nitrogen and oxygen atoms in total. The molecule has 0 saturated carbocycles. The molecule has 3 aromatic carbocycles. The third kappa shape index (κ3) is 11.8. The quantitative estimate of drug-likeness (QED) is 0.0705. The lowest BCUT2D eigenvalue weighted by atomic mass is 10.1. The molecule has 0 fully saturated rings. The van der Waals surface area contributed by atoms with E-state index in [0.717, 1.165) is 25.1 Å². The lowest BCUT2D eigenvalue weighted by Gasteiger charge is -2.23. The van der Waals surface area contributed by atoms with Gasteiger partial charge in [-0.05, 0) is 69.5 Å². The number of halogens is 4. The minimum Gasteiger partial charge on any atom is -0.364 e. The molecule has 0 aliphatic heterocycles. The first-order valence-corrected chi connectivity index (χ1v) is 15.1. The van der Waals surface area contributed by atoms with Crippen molar-refractivity contribution in [2.45, 2.75) is 6.42 Å². The minimum atomic E-state index is -0.929. The molecular formula is C30H35Cl4N7O7. The summed E-state index contributed by atoms with van der Waals surface area (Å²) >= 11 is 11.7. The maximum Gasteiger partial charge on any atom is 0.299 e. The zero-order valence-corrected chi connectivity index (χ0v) is 29.1. The van der Waals surface area contributed by atoms with E-state index in [-0.39, 0.29) is 72.5 Å². The van der Waals surface area contributed by atoms with E-state index in [9.17, 15) is 34.6 Å². The van der Waals surface area contributed by atoms with Crippen LogP contribution in [0.3, 0.4) is 0 Å². The minimum absolute atomic E-state index is 0. The Balaban J connectivity index is 0.00000576. The topological polar surface area (TPSA) is 180 Å². The average molecular weight is 747 g/mol. The third-order valence-corrected chi connectivity index (χ3v) is 6.95. The molecule has 3 N–H and O–H groups in total. The van der Waals surface area contributed by atoms with E-state index in [1.54, 1.807) is 18.2 Å². The van der Waals surface area contributed by atoms with E-state index in [0.29, 0.717) is 17.8 Å². The Hall–Kier alpha value is -4.21. The lowest BCUT2D eigenvalue weighted by molar-refractivity contribution is -0.393. The second-order valence-electron chi connectivity index (χ2n) is 10.2. The summed E-state index contributed by atoms with van der Waals surface area (Å²) in [5, 5.41) is 31.7. The Labute approximate surface area is 299 Å².